The van der Waals surface area contributed by atoms with Gasteiger partial charge in [0.05, 0.1) is 0 Å². The van der Waals surface area contributed by atoms with Crippen molar-refractivity contribution in [3.63, 3.8) is 0 Å². The standard InChI is InChI=1S/C11H14FNO2/c1-7-3-2-4-8(12)11(7)9(13)5-6-10(14)15/h2-4,9H,5-6,13H2,1H3,(H,14,15). The Morgan fingerprint density at radius 2 is 2.27 bits per heavy atom. The quantitative estimate of drug-likeness (QED) is 0.800. The Labute approximate surface area is 87.7 Å². The minimum Gasteiger partial charge on any atom is -0.481 e. The molecule has 1 aromatic rings. The Morgan fingerprint density at radius 1 is 1.60 bits per heavy atom. The van der Waals surface area contributed by atoms with Gasteiger partial charge in [-0.05, 0) is 25.0 Å². The molecule has 0 aromatic heterocycles. The fourth-order valence-electron chi connectivity index (χ4n) is 1.54. The van der Waals surface area contributed by atoms with Crippen LogP contribution >= 0.6 is 0 Å². The summed E-state index contributed by atoms with van der Waals surface area (Å²) in [5, 5.41) is 8.50. The van der Waals surface area contributed by atoms with Gasteiger partial charge >= 0.3 is 5.97 Å². The minimum absolute atomic E-state index is 0.0467. The molecule has 0 aliphatic heterocycles. The number of benzene rings is 1. The van der Waals surface area contributed by atoms with Gasteiger partial charge in [0.25, 0.3) is 0 Å². The lowest BCUT2D eigenvalue weighted by atomic mass is 9.98. The zero-order valence-corrected chi connectivity index (χ0v) is 8.53. The minimum atomic E-state index is -0.917. The van der Waals surface area contributed by atoms with E-state index in [0.717, 1.165) is 5.56 Å². The molecule has 1 atom stereocenters. The number of carboxylic acid groups (broad SMARTS) is 1. The van der Waals surface area contributed by atoms with Gasteiger partial charge in [-0.2, -0.15) is 0 Å². The molecule has 0 spiro atoms. The Balaban J connectivity index is 2.81. The molecule has 82 valence electrons. The van der Waals surface area contributed by atoms with E-state index in [4.69, 9.17) is 10.8 Å². The number of rotatable bonds is 4. The van der Waals surface area contributed by atoms with E-state index in [1.165, 1.54) is 6.07 Å². The lowest BCUT2D eigenvalue weighted by Crippen LogP contribution is -2.15. The molecule has 0 radical (unpaired) electrons. The van der Waals surface area contributed by atoms with Crippen LogP contribution < -0.4 is 5.73 Å². The van der Waals surface area contributed by atoms with Crippen LogP contribution in [-0.2, 0) is 4.79 Å². The van der Waals surface area contributed by atoms with Crippen LogP contribution in [0, 0.1) is 12.7 Å². The largest absolute Gasteiger partial charge is 0.481 e. The predicted octanol–water partition coefficient (Wildman–Crippen LogP) is 2.00. The second-order valence-corrected chi connectivity index (χ2v) is 3.51. The van der Waals surface area contributed by atoms with Crippen molar-refractivity contribution in [3.8, 4) is 0 Å². The third-order valence-corrected chi connectivity index (χ3v) is 2.31. The van der Waals surface area contributed by atoms with Gasteiger partial charge in [0.15, 0.2) is 0 Å². The predicted molar refractivity (Wildman–Crippen MR) is 54.9 cm³/mol. The zero-order chi connectivity index (χ0) is 11.4. The second-order valence-electron chi connectivity index (χ2n) is 3.51. The summed E-state index contributed by atoms with van der Waals surface area (Å²) in [7, 11) is 0. The summed E-state index contributed by atoms with van der Waals surface area (Å²) in [6, 6.07) is 4.15. The molecule has 0 heterocycles. The molecule has 0 bridgehead atoms. The van der Waals surface area contributed by atoms with Gasteiger partial charge in [-0.25, -0.2) is 4.39 Å². The molecule has 0 saturated carbocycles. The van der Waals surface area contributed by atoms with E-state index in [9.17, 15) is 9.18 Å². The number of carbonyl (C=O) groups is 1. The van der Waals surface area contributed by atoms with Crippen LogP contribution in [0.2, 0.25) is 0 Å². The summed E-state index contributed by atoms with van der Waals surface area (Å²) in [5.41, 5.74) is 6.91. The van der Waals surface area contributed by atoms with Gasteiger partial charge in [0, 0.05) is 18.0 Å². The fourth-order valence-corrected chi connectivity index (χ4v) is 1.54. The van der Waals surface area contributed by atoms with E-state index in [1.54, 1.807) is 19.1 Å². The Morgan fingerprint density at radius 3 is 2.80 bits per heavy atom. The molecule has 0 aliphatic rings. The molecule has 3 nitrogen and oxygen atoms in total. The summed E-state index contributed by atoms with van der Waals surface area (Å²) in [5.74, 6) is -1.28. The van der Waals surface area contributed by atoms with Crippen LogP contribution in [0.3, 0.4) is 0 Å². The van der Waals surface area contributed by atoms with E-state index < -0.39 is 12.0 Å². The number of hydrogen-bond acceptors (Lipinski definition) is 2. The third-order valence-electron chi connectivity index (χ3n) is 2.31. The number of nitrogens with two attached hydrogens (primary N) is 1. The van der Waals surface area contributed by atoms with Gasteiger partial charge in [0.2, 0.25) is 0 Å². The summed E-state index contributed by atoms with van der Waals surface area (Å²) in [6.07, 6.45) is 0.200. The van der Waals surface area contributed by atoms with E-state index in [2.05, 4.69) is 0 Å². The lowest BCUT2D eigenvalue weighted by molar-refractivity contribution is -0.137. The van der Waals surface area contributed by atoms with Crippen molar-refractivity contribution in [1.82, 2.24) is 0 Å². The number of aryl methyl sites for hydroxylation is 1. The van der Waals surface area contributed by atoms with Crippen LogP contribution in [-0.4, -0.2) is 11.1 Å². The van der Waals surface area contributed by atoms with Gasteiger partial charge in [-0.1, -0.05) is 12.1 Å². The van der Waals surface area contributed by atoms with Crippen molar-refractivity contribution in [2.75, 3.05) is 0 Å². The van der Waals surface area contributed by atoms with Crippen molar-refractivity contribution in [2.24, 2.45) is 5.73 Å². The summed E-state index contributed by atoms with van der Waals surface area (Å²) in [6.45, 7) is 1.76. The number of halogens is 1. The van der Waals surface area contributed by atoms with Crippen LogP contribution in [0.15, 0.2) is 18.2 Å². The maximum atomic E-state index is 13.4. The smallest absolute Gasteiger partial charge is 0.303 e. The van der Waals surface area contributed by atoms with E-state index in [-0.39, 0.29) is 18.7 Å². The summed E-state index contributed by atoms with van der Waals surface area (Å²) >= 11 is 0. The second kappa shape index (κ2) is 4.89. The van der Waals surface area contributed by atoms with Gasteiger partial charge in [-0.3, -0.25) is 4.79 Å². The van der Waals surface area contributed by atoms with Gasteiger partial charge in [-0.15, -0.1) is 0 Å². The molecular weight excluding hydrogens is 197 g/mol. The maximum absolute atomic E-state index is 13.4. The number of carboxylic acids is 1. The highest BCUT2D eigenvalue weighted by molar-refractivity contribution is 5.66. The Hall–Kier alpha value is -1.42. The third kappa shape index (κ3) is 3.02. The summed E-state index contributed by atoms with van der Waals surface area (Å²) in [4.78, 5) is 10.4. The highest BCUT2D eigenvalue weighted by atomic mass is 19.1. The van der Waals surface area contributed by atoms with Crippen molar-refractivity contribution in [1.29, 1.82) is 0 Å². The highest BCUT2D eigenvalue weighted by Crippen LogP contribution is 2.22. The number of aliphatic carboxylic acids is 1. The fraction of sp³-hybridized carbons (Fsp3) is 0.364. The van der Waals surface area contributed by atoms with Crippen molar-refractivity contribution in [2.45, 2.75) is 25.8 Å². The Bertz CT molecular complexity index is 345. The van der Waals surface area contributed by atoms with E-state index >= 15 is 0 Å². The van der Waals surface area contributed by atoms with Crippen molar-refractivity contribution >= 4 is 5.97 Å². The maximum Gasteiger partial charge on any atom is 0.303 e. The average Bonchev–Trinajstić information content (AvgIpc) is 2.14. The molecule has 0 saturated heterocycles. The molecule has 1 rings (SSSR count). The van der Waals surface area contributed by atoms with Crippen LogP contribution in [0.1, 0.15) is 30.0 Å². The zero-order valence-electron chi connectivity index (χ0n) is 8.53. The molecule has 0 aliphatic carbocycles. The average molecular weight is 211 g/mol. The first kappa shape index (κ1) is 11.7. The molecule has 0 fully saturated rings. The SMILES string of the molecule is Cc1cccc(F)c1C(N)CCC(=O)O. The first-order valence-corrected chi connectivity index (χ1v) is 4.74. The normalized spacial score (nSPS) is 12.5. The monoisotopic (exact) mass is 211 g/mol. The molecule has 3 N–H and O–H groups in total. The van der Waals surface area contributed by atoms with E-state index in [0.29, 0.717) is 5.56 Å². The van der Waals surface area contributed by atoms with Crippen LogP contribution in [0.4, 0.5) is 4.39 Å². The van der Waals surface area contributed by atoms with E-state index in [1.807, 2.05) is 0 Å². The Kier molecular flexibility index (Phi) is 3.80. The lowest BCUT2D eigenvalue weighted by Gasteiger charge is -2.14. The first-order chi connectivity index (χ1) is 7.02. The van der Waals surface area contributed by atoms with Crippen LogP contribution in [0.5, 0.6) is 0 Å². The summed E-state index contributed by atoms with van der Waals surface area (Å²) < 4.78 is 13.4. The molecule has 4 heteroatoms. The molecule has 1 aromatic carbocycles. The topological polar surface area (TPSA) is 63.3 Å². The number of hydrogen-bond donors (Lipinski definition) is 2. The molecule has 1 unspecified atom stereocenters. The molecule has 0 amide bonds. The highest BCUT2D eigenvalue weighted by Gasteiger charge is 2.14. The molecular formula is C11H14FNO2. The first-order valence-electron chi connectivity index (χ1n) is 4.74. The van der Waals surface area contributed by atoms with Crippen molar-refractivity contribution < 1.29 is 14.3 Å². The van der Waals surface area contributed by atoms with Gasteiger partial charge < -0.3 is 10.8 Å². The van der Waals surface area contributed by atoms with Crippen LogP contribution in [0.25, 0.3) is 0 Å². The van der Waals surface area contributed by atoms with Crippen molar-refractivity contribution in [3.05, 3.63) is 35.1 Å². The van der Waals surface area contributed by atoms with Gasteiger partial charge in [0.1, 0.15) is 5.82 Å². The molecule has 15 heavy (non-hydrogen) atoms.